The number of H-pyrrole nitrogens is 2. The Balaban J connectivity index is 1.89. The zero-order valence-corrected chi connectivity index (χ0v) is 11.8. The highest BCUT2D eigenvalue weighted by Crippen LogP contribution is 2.26. The molecule has 0 radical (unpaired) electrons. The van der Waals surface area contributed by atoms with Gasteiger partial charge in [-0.15, -0.1) is 0 Å². The molecule has 0 fully saturated rings. The van der Waals surface area contributed by atoms with Crippen molar-refractivity contribution in [3.8, 4) is 5.88 Å². The molecular weight excluding hydrogens is 268 g/mol. The zero-order valence-electron chi connectivity index (χ0n) is 11.8. The first-order valence-corrected chi connectivity index (χ1v) is 6.65. The number of rotatable bonds is 4. The SMILES string of the molecule is COc1ncccc1NC(C)c1ccc2[nH]c(=O)[nH]c2c1. The number of aromatic amines is 2. The molecule has 2 aromatic heterocycles. The Bertz CT molecular complexity index is 822. The molecule has 2 heterocycles. The van der Waals surface area contributed by atoms with E-state index in [9.17, 15) is 4.79 Å². The number of anilines is 1. The Morgan fingerprint density at radius 1 is 1.24 bits per heavy atom. The van der Waals surface area contributed by atoms with Gasteiger partial charge in [-0.05, 0) is 36.8 Å². The highest BCUT2D eigenvalue weighted by atomic mass is 16.5. The monoisotopic (exact) mass is 284 g/mol. The van der Waals surface area contributed by atoms with E-state index in [1.807, 2.05) is 37.3 Å². The van der Waals surface area contributed by atoms with Gasteiger partial charge in [0.05, 0.1) is 23.8 Å². The van der Waals surface area contributed by atoms with Crippen LogP contribution in [0.2, 0.25) is 0 Å². The number of aromatic nitrogens is 3. The highest BCUT2D eigenvalue weighted by Gasteiger charge is 2.10. The molecule has 1 aromatic carbocycles. The average molecular weight is 284 g/mol. The number of imidazole rings is 1. The van der Waals surface area contributed by atoms with Crippen LogP contribution in [0.25, 0.3) is 11.0 Å². The summed E-state index contributed by atoms with van der Waals surface area (Å²) in [6, 6.07) is 9.64. The molecule has 6 heteroatoms. The van der Waals surface area contributed by atoms with Crippen molar-refractivity contribution in [3.63, 3.8) is 0 Å². The maximum atomic E-state index is 11.3. The molecule has 0 amide bonds. The summed E-state index contributed by atoms with van der Waals surface area (Å²) in [6.45, 7) is 2.04. The molecule has 0 aliphatic heterocycles. The van der Waals surface area contributed by atoms with Crippen LogP contribution in [-0.2, 0) is 0 Å². The molecule has 1 atom stereocenters. The normalized spacial score (nSPS) is 12.3. The van der Waals surface area contributed by atoms with Crippen LogP contribution in [0.1, 0.15) is 18.5 Å². The van der Waals surface area contributed by atoms with Gasteiger partial charge in [0, 0.05) is 12.2 Å². The number of ether oxygens (including phenoxy) is 1. The van der Waals surface area contributed by atoms with Crippen LogP contribution in [0, 0.1) is 0 Å². The van der Waals surface area contributed by atoms with E-state index in [1.165, 1.54) is 0 Å². The van der Waals surface area contributed by atoms with Crippen molar-refractivity contribution < 1.29 is 4.74 Å². The van der Waals surface area contributed by atoms with Crippen molar-refractivity contribution in [1.82, 2.24) is 15.0 Å². The predicted molar refractivity (Wildman–Crippen MR) is 81.7 cm³/mol. The van der Waals surface area contributed by atoms with Crippen molar-refractivity contribution in [2.45, 2.75) is 13.0 Å². The van der Waals surface area contributed by atoms with Crippen molar-refractivity contribution in [1.29, 1.82) is 0 Å². The summed E-state index contributed by atoms with van der Waals surface area (Å²) in [6.07, 6.45) is 1.69. The number of nitrogens with one attached hydrogen (secondary N) is 3. The van der Waals surface area contributed by atoms with E-state index in [-0.39, 0.29) is 11.7 Å². The molecule has 6 nitrogen and oxygen atoms in total. The molecule has 0 saturated carbocycles. The van der Waals surface area contributed by atoms with Crippen molar-refractivity contribution in [3.05, 3.63) is 52.6 Å². The number of pyridine rings is 1. The largest absolute Gasteiger partial charge is 0.480 e. The van der Waals surface area contributed by atoms with Crippen molar-refractivity contribution in [2.75, 3.05) is 12.4 Å². The fourth-order valence-corrected chi connectivity index (χ4v) is 2.30. The van der Waals surface area contributed by atoms with Crippen LogP contribution in [0.15, 0.2) is 41.3 Å². The summed E-state index contributed by atoms with van der Waals surface area (Å²) in [5.74, 6) is 0.556. The molecule has 108 valence electrons. The minimum Gasteiger partial charge on any atom is -0.480 e. The topological polar surface area (TPSA) is 82.8 Å². The standard InChI is InChI=1S/C15H16N4O2/c1-9(17-12-4-3-7-16-14(12)21-2)10-5-6-11-13(8-10)19-15(20)18-11/h3-9,17H,1-2H3,(H2,18,19,20). The maximum Gasteiger partial charge on any atom is 0.323 e. The third-order valence-corrected chi connectivity index (χ3v) is 3.38. The van der Waals surface area contributed by atoms with Gasteiger partial charge in [-0.2, -0.15) is 0 Å². The van der Waals surface area contributed by atoms with E-state index >= 15 is 0 Å². The Kier molecular flexibility index (Phi) is 3.35. The molecule has 0 aliphatic rings. The lowest BCUT2D eigenvalue weighted by molar-refractivity contribution is 0.399. The number of nitrogens with zero attached hydrogens (tertiary/aromatic N) is 1. The van der Waals surface area contributed by atoms with Crippen LogP contribution in [0.3, 0.4) is 0 Å². The second kappa shape index (κ2) is 5.32. The lowest BCUT2D eigenvalue weighted by Gasteiger charge is -2.17. The summed E-state index contributed by atoms with van der Waals surface area (Å²) in [4.78, 5) is 20.9. The lowest BCUT2D eigenvalue weighted by Crippen LogP contribution is -2.08. The van der Waals surface area contributed by atoms with Gasteiger partial charge in [0.25, 0.3) is 0 Å². The first-order valence-electron chi connectivity index (χ1n) is 6.65. The molecular formula is C15H16N4O2. The molecule has 0 aliphatic carbocycles. The van der Waals surface area contributed by atoms with E-state index < -0.39 is 0 Å². The zero-order chi connectivity index (χ0) is 14.8. The van der Waals surface area contributed by atoms with E-state index in [1.54, 1.807) is 13.3 Å². The predicted octanol–water partition coefficient (Wildman–Crippen LogP) is 2.43. The van der Waals surface area contributed by atoms with Gasteiger partial charge in [-0.25, -0.2) is 9.78 Å². The van der Waals surface area contributed by atoms with E-state index in [0.29, 0.717) is 5.88 Å². The fourth-order valence-electron chi connectivity index (χ4n) is 2.30. The molecule has 0 bridgehead atoms. The van der Waals surface area contributed by atoms with Gasteiger partial charge in [-0.3, -0.25) is 0 Å². The summed E-state index contributed by atoms with van der Waals surface area (Å²) in [5.41, 5.74) is 3.29. The summed E-state index contributed by atoms with van der Waals surface area (Å²) in [5, 5.41) is 3.36. The van der Waals surface area contributed by atoms with Gasteiger partial charge in [0.2, 0.25) is 5.88 Å². The Hall–Kier alpha value is -2.76. The first-order chi connectivity index (χ1) is 10.2. The van der Waals surface area contributed by atoms with Crippen LogP contribution in [0.5, 0.6) is 5.88 Å². The smallest absolute Gasteiger partial charge is 0.323 e. The van der Waals surface area contributed by atoms with Crippen molar-refractivity contribution in [2.24, 2.45) is 0 Å². The molecule has 1 unspecified atom stereocenters. The average Bonchev–Trinajstić information content (AvgIpc) is 2.86. The number of fused-ring (bicyclic) bond motifs is 1. The van der Waals surface area contributed by atoms with E-state index in [2.05, 4.69) is 20.3 Å². The molecule has 0 saturated heterocycles. The minimum absolute atomic E-state index is 0.0471. The molecule has 3 aromatic rings. The first kappa shape index (κ1) is 13.2. The van der Waals surface area contributed by atoms with Crippen LogP contribution in [-0.4, -0.2) is 22.1 Å². The lowest BCUT2D eigenvalue weighted by atomic mass is 10.1. The number of benzene rings is 1. The molecule has 0 spiro atoms. The summed E-state index contributed by atoms with van der Waals surface area (Å²) in [7, 11) is 1.59. The van der Waals surface area contributed by atoms with Gasteiger partial charge < -0.3 is 20.0 Å². The molecule has 21 heavy (non-hydrogen) atoms. The van der Waals surface area contributed by atoms with Gasteiger partial charge in [0.1, 0.15) is 0 Å². The highest BCUT2D eigenvalue weighted by molar-refractivity contribution is 5.75. The van der Waals surface area contributed by atoms with Crippen LogP contribution < -0.4 is 15.7 Å². The maximum absolute atomic E-state index is 11.3. The Morgan fingerprint density at radius 3 is 2.86 bits per heavy atom. The Labute approximate surface area is 121 Å². The van der Waals surface area contributed by atoms with Crippen molar-refractivity contribution >= 4 is 16.7 Å². The van der Waals surface area contributed by atoms with Crippen LogP contribution in [0.4, 0.5) is 5.69 Å². The second-order valence-corrected chi connectivity index (χ2v) is 4.81. The number of hydrogen-bond acceptors (Lipinski definition) is 4. The third-order valence-electron chi connectivity index (χ3n) is 3.38. The third kappa shape index (κ3) is 2.60. The fraction of sp³-hybridized carbons (Fsp3) is 0.200. The minimum atomic E-state index is -0.198. The number of methoxy groups -OCH3 is 1. The number of hydrogen-bond donors (Lipinski definition) is 3. The molecule has 3 N–H and O–H groups in total. The van der Waals surface area contributed by atoms with E-state index in [0.717, 1.165) is 22.3 Å². The van der Waals surface area contributed by atoms with Gasteiger partial charge in [-0.1, -0.05) is 6.07 Å². The second-order valence-electron chi connectivity index (χ2n) is 4.81. The summed E-state index contributed by atoms with van der Waals surface area (Å²) < 4.78 is 5.23. The van der Waals surface area contributed by atoms with Crippen LogP contribution >= 0.6 is 0 Å². The quantitative estimate of drug-likeness (QED) is 0.687. The van der Waals surface area contributed by atoms with E-state index in [4.69, 9.17) is 4.74 Å². The van der Waals surface area contributed by atoms with Gasteiger partial charge >= 0.3 is 5.69 Å². The van der Waals surface area contributed by atoms with Gasteiger partial charge in [0.15, 0.2) is 0 Å². The summed E-state index contributed by atoms with van der Waals surface area (Å²) >= 11 is 0. The molecule has 3 rings (SSSR count). The Morgan fingerprint density at radius 2 is 2.05 bits per heavy atom.